The van der Waals surface area contributed by atoms with Crippen LogP contribution in [0.2, 0.25) is 10.0 Å². The summed E-state index contributed by atoms with van der Waals surface area (Å²) in [7, 11) is 0. The zero-order valence-corrected chi connectivity index (χ0v) is 19.8. The first-order valence-electron chi connectivity index (χ1n) is 9.91. The molecule has 9 heteroatoms. The lowest BCUT2D eigenvalue weighted by Crippen LogP contribution is -2.20. The molecule has 3 aromatic carbocycles. The predicted octanol–water partition coefficient (Wildman–Crippen LogP) is 5.39. The Bertz CT molecular complexity index is 1120. The zero-order valence-electron chi connectivity index (χ0n) is 17.5. The summed E-state index contributed by atoms with van der Waals surface area (Å²) < 4.78 is 5.49. The van der Waals surface area contributed by atoms with Gasteiger partial charge in [-0.2, -0.15) is 5.10 Å². The van der Waals surface area contributed by atoms with Crippen LogP contribution in [-0.4, -0.2) is 30.4 Å². The van der Waals surface area contributed by atoms with Crippen LogP contribution in [-0.2, 0) is 15.3 Å². The van der Waals surface area contributed by atoms with Crippen LogP contribution in [0.4, 0.5) is 5.69 Å². The van der Waals surface area contributed by atoms with Gasteiger partial charge in [0.1, 0.15) is 5.75 Å². The predicted molar refractivity (Wildman–Crippen MR) is 135 cm³/mol. The third-order valence-corrected chi connectivity index (χ3v) is 5.76. The Morgan fingerprint density at radius 3 is 2.52 bits per heavy atom. The quantitative estimate of drug-likeness (QED) is 0.288. The van der Waals surface area contributed by atoms with Crippen molar-refractivity contribution >= 4 is 58.7 Å². The highest BCUT2D eigenvalue weighted by Crippen LogP contribution is 2.20. The van der Waals surface area contributed by atoms with Gasteiger partial charge in [-0.25, -0.2) is 5.43 Å². The van der Waals surface area contributed by atoms with E-state index in [1.165, 1.54) is 18.0 Å². The molecule has 2 N–H and O–H groups in total. The highest BCUT2D eigenvalue weighted by Gasteiger charge is 2.06. The van der Waals surface area contributed by atoms with E-state index in [0.29, 0.717) is 27.2 Å². The van der Waals surface area contributed by atoms with Crippen LogP contribution in [0.25, 0.3) is 0 Å². The molecule has 0 fully saturated rings. The summed E-state index contributed by atoms with van der Waals surface area (Å²) in [6.45, 7) is -0.151. The van der Waals surface area contributed by atoms with Crippen LogP contribution in [0.15, 0.2) is 77.9 Å². The normalized spacial score (nSPS) is 10.7. The SMILES string of the molecule is O=C(CSCc1cccc(Cl)c1)N/N=C\c1ccc(OCC(=O)Nc2ccccc2Cl)cc1. The van der Waals surface area contributed by atoms with E-state index in [1.54, 1.807) is 48.5 Å². The van der Waals surface area contributed by atoms with Crippen molar-refractivity contribution in [3.63, 3.8) is 0 Å². The number of hydrazone groups is 1. The Balaban J connectivity index is 1.36. The van der Waals surface area contributed by atoms with E-state index in [9.17, 15) is 9.59 Å². The highest BCUT2D eigenvalue weighted by atomic mass is 35.5. The molecular weight excluding hydrogens is 481 g/mol. The topological polar surface area (TPSA) is 79.8 Å². The molecule has 2 amide bonds. The molecule has 0 saturated carbocycles. The van der Waals surface area contributed by atoms with Crippen molar-refractivity contribution in [3.8, 4) is 5.75 Å². The second kappa shape index (κ2) is 12.9. The Labute approximate surface area is 206 Å². The standard InChI is InChI=1S/C24H21Cl2N3O3S/c25-19-5-3-4-18(12-19)15-33-16-24(31)29-27-13-17-8-10-20(11-9-17)32-14-23(30)28-22-7-2-1-6-21(22)26/h1-13H,14-16H2,(H,28,30)(H,29,31)/b27-13-. The number of rotatable bonds is 10. The van der Waals surface area contributed by atoms with Crippen LogP contribution in [0.1, 0.15) is 11.1 Å². The number of hydrogen-bond donors (Lipinski definition) is 2. The molecule has 0 bridgehead atoms. The summed E-state index contributed by atoms with van der Waals surface area (Å²) in [6, 6.07) is 21.5. The first kappa shape index (κ1) is 24.6. The molecule has 0 radical (unpaired) electrons. The molecule has 6 nitrogen and oxygen atoms in total. The largest absolute Gasteiger partial charge is 0.484 e. The Morgan fingerprint density at radius 1 is 0.970 bits per heavy atom. The van der Waals surface area contributed by atoms with Crippen molar-refractivity contribution in [1.82, 2.24) is 5.43 Å². The van der Waals surface area contributed by atoms with Gasteiger partial charge < -0.3 is 10.1 Å². The zero-order chi connectivity index (χ0) is 23.5. The average molecular weight is 502 g/mol. The van der Waals surface area contributed by atoms with Gasteiger partial charge >= 0.3 is 0 Å². The van der Waals surface area contributed by atoms with Crippen LogP contribution in [0, 0.1) is 0 Å². The number of halogens is 2. The van der Waals surface area contributed by atoms with E-state index in [-0.39, 0.29) is 24.2 Å². The number of nitrogens with zero attached hydrogens (tertiary/aromatic N) is 1. The fourth-order valence-corrected chi connectivity index (χ4v) is 3.81. The lowest BCUT2D eigenvalue weighted by atomic mass is 10.2. The van der Waals surface area contributed by atoms with E-state index >= 15 is 0 Å². The molecule has 0 heterocycles. The Hall–Kier alpha value is -3.00. The third kappa shape index (κ3) is 8.81. The number of amides is 2. The maximum absolute atomic E-state index is 12.0. The summed E-state index contributed by atoms with van der Waals surface area (Å²) in [6.07, 6.45) is 1.54. The molecule has 0 aliphatic carbocycles. The molecule has 0 saturated heterocycles. The molecule has 0 spiro atoms. The van der Waals surface area contributed by atoms with Gasteiger partial charge in [-0.05, 0) is 59.7 Å². The molecule has 0 aromatic heterocycles. The average Bonchev–Trinajstić information content (AvgIpc) is 2.80. The number of ether oxygens (including phenoxy) is 1. The summed E-state index contributed by atoms with van der Waals surface area (Å²) in [5.41, 5.74) is 4.87. The molecule has 0 atom stereocenters. The van der Waals surface area contributed by atoms with Crippen molar-refractivity contribution < 1.29 is 14.3 Å². The highest BCUT2D eigenvalue weighted by molar-refractivity contribution is 7.99. The van der Waals surface area contributed by atoms with Gasteiger partial charge in [0.25, 0.3) is 5.91 Å². The second-order valence-electron chi connectivity index (χ2n) is 6.80. The van der Waals surface area contributed by atoms with Gasteiger partial charge in [0.15, 0.2) is 6.61 Å². The number of benzene rings is 3. The van der Waals surface area contributed by atoms with E-state index in [0.717, 1.165) is 11.1 Å². The van der Waals surface area contributed by atoms with Crippen LogP contribution >= 0.6 is 35.0 Å². The molecule has 3 rings (SSSR count). The number of carbonyl (C=O) groups is 2. The first-order valence-corrected chi connectivity index (χ1v) is 11.8. The summed E-state index contributed by atoms with van der Waals surface area (Å²) >= 11 is 13.5. The third-order valence-electron chi connectivity index (χ3n) is 4.19. The van der Waals surface area contributed by atoms with Gasteiger partial charge in [0, 0.05) is 10.8 Å². The summed E-state index contributed by atoms with van der Waals surface area (Å²) in [5.74, 6) is 0.998. The first-order chi connectivity index (χ1) is 16.0. The Kier molecular flexibility index (Phi) is 9.62. The summed E-state index contributed by atoms with van der Waals surface area (Å²) in [5, 5.41) is 7.79. The van der Waals surface area contributed by atoms with Crippen molar-refractivity contribution in [2.24, 2.45) is 5.10 Å². The number of hydrogen-bond acceptors (Lipinski definition) is 5. The summed E-state index contributed by atoms with van der Waals surface area (Å²) in [4.78, 5) is 23.9. The second-order valence-corrected chi connectivity index (χ2v) is 8.63. The number of thioether (sulfide) groups is 1. The lowest BCUT2D eigenvalue weighted by Gasteiger charge is -2.08. The minimum atomic E-state index is -0.315. The van der Waals surface area contributed by atoms with Crippen LogP contribution < -0.4 is 15.5 Å². The molecule has 170 valence electrons. The van der Waals surface area contributed by atoms with Gasteiger partial charge in [-0.15, -0.1) is 11.8 Å². The van der Waals surface area contributed by atoms with E-state index in [4.69, 9.17) is 27.9 Å². The van der Waals surface area contributed by atoms with Gasteiger partial charge in [0.2, 0.25) is 5.91 Å². The van der Waals surface area contributed by atoms with Gasteiger partial charge in [0.05, 0.1) is 22.7 Å². The van der Waals surface area contributed by atoms with E-state index in [2.05, 4.69) is 15.8 Å². The molecule has 0 aliphatic rings. The van der Waals surface area contributed by atoms with Crippen molar-refractivity contribution in [3.05, 3.63) is 94.0 Å². The minimum Gasteiger partial charge on any atom is -0.484 e. The fourth-order valence-electron chi connectivity index (χ4n) is 2.65. The minimum absolute atomic E-state index is 0.151. The fraction of sp³-hybridized carbons (Fsp3) is 0.125. The molecule has 33 heavy (non-hydrogen) atoms. The Morgan fingerprint density at radius 2 is 1.76 bits per heavy atom. The maximum Gasteiger partial charge on any atom is 0.262 e. The molecular formula is C24H21Cl2N3O3S. The van der Waals surface area contributed by atoms with E-state index < -0.39 is 0 Å². The number of anilines is 1. The van der Waals surface area contributed by atoms with Gasteiger partial charge in [-0.3, -0.25) is 9.59 Å². The molecule has 0 aliphatic heterocycles. The number of para-hydroxylation sites is 1. The van der Waals surface area contributed by atoms with Crippen LogP contribution in [0.3, 0.4) is 0 Å². The van der Waals surface area contributed by atoms with Crippen molar-refractivity contribution in [1.29, 1.82) is 0 Å². The maximum atomic E-state index is 12.0. The van der Waals surface area contributed by atoms with E-state index in [1.807, 2.05) is 24.3 Å². The molecule has 0 unspecified atom stereocenters. The smallest absolute Gasteiger partial charge is 0.262 e. The van der Waals surface area contributed by atoms with Crippen molar-refractivity contribution in [2.75, 3.05) is 17.7 Å². The number of nitrogens with one attached hydrogen (secondary N) is 2. The molecule has 3 aromatic rings. The van der Waals surface area contributed by atoms with Gasteiger partial charge in [-0.1, -0.05) is 47.5 Å². The lowest BCUT2D eigenvalue weighted by molar-refractivity contribution is -0.119. The van der Waals surface area contributed by atoms with Crippen LogP contribution in [0.5, 0.6) is 5.75 Å². The number of carbonyl (C=O) groups excluding carboxylic acids is 2. The monoisotopic (exact) mass is 501 g/mol. The van der Waals surface area contributed by atoms with Crippen molar-refractivity contribution in [2.45, 2.75) is 5.75 Å².